The summed E-state index contributed by atoms with van der Waals surface area (Å²) in [5, 5.41) is 6.07. The van der Waals surface area contributed by atoms with Gasteiger partial charge in [-0.15, -0.1) is 0 Å². The molecule has 0 radical (unpaired) electrons. The van der Waals surface area contributed by atoms with Crippen LogP contribution < -0.4 is 19.7 Å². The van der Waals surface area contributed by atoms with Crippen LogP contribution in [0.3, 0.4) is 0 Å². The average Bonchev–Trinajstić information content (AvgIpc) is 3.49. The van der Waals surface area contributed by atoms with Crippen LogP contribution in [-0.4, -0.2) is 66.5 Å². The molecule has 3 aromatic rings. The summed E-state index contributed by atoms with van der Waals surface area (Å²) in [4.78, 5) is 26.4. The lowest BCUT2D eigenvalue weighted by molar-refractivity contribution is 0.111. The van der Waals surface area contributed by atoms with Crippen molar-refractivity contribution < 1.29 is 19.0 Å². The van der Waals surface area contributed by atoms with Gasteiger partial charge < -0.3 is 19.5 Å². The van der Waals surface area contributed by atoms with Gasteiger partial charge in [0, 0.05) is 36.4 Å². The van der Waals surface area contributed by atoms with Gasteiger partial charge in [0.25, 0.3) is 0 Å². The Bertz CT molecular complexity index is 1300. The molecule has 1 N–H and O–H groups in total. The van der Waals surface area contributed by atoms with Crippen molar-refractivity contribution in [1.82, 2.24) is 14.9 Å². The van der Waals surface area contributed by atoms with Gasteiger partial charge in [0.05, 0.1) is 30.2 Å². The third kappa shape index (κ3) is 4.46. The summed E-state index contributed by atoms with van der Waals surface area (Å²) < 4.78 is 17.3. The first-order valence-electron chi connectivity index (χ1n) is 11.5. The number of carbonyl (C=O) groups excluding carboxylic acids is 1. The number of hydrogen-bond donors (Lipinski definition) is 1. The number of fused-ring (bicyclic) bond motifs is 2. The minimum Gasteiger partial charge on any atom is -0.497 e. The van der Waals surface area contributed by atoms with Crippen LogP contribution >= 0.6 is 11.8 Å². The molecule has 0 aliphatic carbocycles. The molecule has 0 unspecified atom stereocenters. The zero-order chi connectivity index (χ0) is 23.8. The zero-order valence-corrected chi connectivity index (χ0v) is 20.0. The number of aromatic nitrogens is 2. The summed E-state index contributed by atoms with van der Waals surface area (Å²) in [5.74, 6) is 1.30. The van der Waals surface area contributed by atoms with Gasteiger partial charge in [0.1, 0.15) is 24.3 Å². The summed E-state index contributed by atoms with van der Waals surface area (Å²) >= 11 is 1.66. The Labute approximate surface area is 207 Å². The monoisotopic (exact) mass is 491 g/mol. The molecule has 0 bridgehead atoms. The van der Waals surface area contributed by atoms with E-state index in [9.17, 15) is 4.79 Å². The Kier molecular flexibility index (Phi) is 5.83. The summed E-state index contributed by atoms with van der Waals surface area (Å²) in [5.41, 5.74) is 2.66. The van der Waals surface area contributed by atoms with Crippen molar-refractivity contribution in [3.05, 3.63) is 54.3 Å². The topological polar surface area (TPSA) is 89.1 Å². The predicted octanol–water partition coefficient (Wildman–Crippen LogP) is 4.11. The number of benzene rings is 2. The number of thioether (sulfide) groups is 1. The quantitative estimate of drug-likeness (QED) is 0.547. The smallest absolute Gasteiger partial charge is 0.414 e. The van der Waals surface area contributed by atoms with Gasteiger partial charge in [-0.25, -0.2) is 14.8 Å². The van der Waals surface area contributed by atoms with Crippen molar-refractivity contribution in [1.29, 1.82) is 0 Å². The Morgan fingerprint density at radius 1 is 1.20 bits per heavy atom. The molecular formula is C25H25N5O4S. The first kappa shape index (κ1) is 22.0. The van der Waals surface area contributed by atoms with Crippen LogP contribution in [0.1, 0.15) is 6.42 Å². The Morgan fingerprint density at radius 2 is 2.14 bits per heavy atom. The average molecular weight is 492 g/mol. The number of nitrogens with zero attached hydrogens (tertiary/aromatic N) is 4. The molecule has 2 atom stereocenters. The van der Waals surface area contributed by atoms with Gasteiger partial charge in [-0.2, -0.15) is 0 Å². The molecule has 1 amide bonds. The van der Waals surface area contributed by atoms with E-state index in [0.29, 0.717) is 19.0 Å². The number of likely N-dealkylation sites (tertiary alicyclic amines) is 1. The van der Waals surface area contributed by atoms with Gasteiger partial charge >= 0.3 is 6.09 Å². The summed E-state index contributed by atoms with van der Waals surface area (Å²) in [6, 6.07) is 11.7. The van der Waals surface area contributed by atoms with E-state index in [4.69, 9.17) is 14.2 Å². The lowest BCUT2D eigenvalue weighted by atomic mass is 10.2. The molecule has 35 heavy (non-hydrogen) atoms. The van der Waals surface area contributed by atoms with Crippen LogP contribution in [0, 0.1) is 0 Å². The maximum atomic E-state index is 12.6. The second-order valence-electron chi connectivity index (χ2n) is 8.71. The van der Waals surface area contributed by atoms with Crippen molar-refractivity contribution in [3.63, 3.8) is 0 Å². The first-order chi connectivity index (χ1) is 17.2. The molecule has 6 rings (SSSR count). The van der Waals surface area contributed by atoms with Crippen LogP contribution in [0.15, 0.2) is 59.2 Å². The largest absolute Gasteiger partial charge is 0.497 e. The molecule has 3 aliphatic heterocycles. The number of nitrogens with one attached hydrogen (secondary N) is 1. The van der Waals surface area contributed by atoms with Crippen LogP contribution in [0.5, 0.6) is 11.6 Å². The molecule has 0 spiro atoms. The van der Waals surface area contributed by atoms with Gasteiger partial charge in [-0.05, 0) is 48.2 Å². The molecule has 4 heterocycles. The standard InChI is InChI=1S/C25H25N5O4S/c1-32-17-3-4-21-20(11-17)24(28-15-27-21)33-18-6-8-29(12-18)13-19-14-30(25(31)34-19)16-2-5-23-22(10-16)26-7-9-35-23/h2-5,7,9-11,15,18-19,26H,6,8,12-14H2,1H3/t18-,19-/m1/s1. The van der Waals surface area contributed by atoms with Crippen LogP contribution in [-0.2, 0) is 4.74 Å². The number of anilines is 2. The number of amides is 1. The summed E-state index contributed by atoms with van der Waals surface area (Å²) in [6.07, 6.45) is 3.81. The Morgan fingerprint density at radius 3 is 3.06 bits per heavy atom. The zero-order valence-electron chi connectivity index (χ0n) is 19.2. The highest BCUT2D eigenvalue weighted by atomic mass is 32.2. The Balaban J connectivity index is 1.08. The van der Waals surface area contributed by atoms with Gasteiger partial charge in [-0.3, -0.25) is 9.80 Å². The van der Waals surface area contributed by atoms with E-state index < -0.39 is 0 Å². The number of ether oxygens (including phenoxy) is 3. The molecule has 2 saturated heterocycles. The number of rotatable bonds is 6. The fourth-order valence-corrected chi connectivity index (χ4v) is 5.37. The number of methoxy groups -OCH3 is 1. The van der Waals surface area contributed by atoms with Crippen molar-refractivity contribution in [2.75, 3.05) is 43.5 Å². The second kappa shape index (κ2) is 9.27. The van der Waals surface area contributed by atoms with Crippen molar-refractivity contribution in [3.8, 4) is 11.6 Å². The highest BCUT2D eigenvalue weighted by Crippen LogP contribution is 2.36. The first-order valence-corrected chi connectivity index (χ1v) is 12.4. The molecule has 9 nitrogen and oxygen atoms in total. The molecular weight excluding hydrogens is 466 g/mol. The molecule has 2 fully saturated rings. The third-order valence-electron chi connectivity index (χ3n) is 6.43. The Hall–Kier alpha value is -3.50. The van der Waals surface area contributed by atoms with Crippen molar-refractivity contribution in [2.24, 2.45) is 0 Å². The second-order valence-corrected chi connectivity index (χ2v) is 9.66. The lowest BCUT2D eigenvalue weighted by Gasteiger charge is -2.20. The maximum absolute atomic E-state index is 12.6. The van der Waals surface area contributed by atoms with Crippen LogP contribution in [0.25, 0.3) is 10.9 Å². The minimum absolute atomic E-state index is 0.00443. The number of cyclic esters (lactones) is 1. The fraction of sp³-hybridized carbons (Fsp3) is 0.320. The molecule has 2 aromatic carbocycles. The highest BCUT2D eigenvalue weighted by Gasteiger charge is 2.36. The highest BCUT2D eigenvalue weighted by molar-refractivity contribution is 8.02. The summed E-state index contributed by atoms with van der Waals surface area (Å²) in [7, 11) is 1.64. The maximum Gasteiger partial charge on any atom is 0.414 e. The normalized spacial score (nSPS) is 21.6. The van der Waals surface area contributed by atoms with Crippen LogP contribution in [0.2, 0.25) is 0 Å². The van der Waals surface area contributed by atoms with E-state index in [1.165, 1.54) is 6.33 Å². The lowest BCUT2D eigenvalue weighted by Crippen LogP contribution is -2.34. The minimum atomic E-state index is -0.303. The molecule has 180 valence electrons. The van der Waals surface area contributed by atoms with E-state index in [0.717, 1.165) is 52.4 Å². The number of carbonyl (C=O) groups is 1. The van der Waals surface area contributed by atoms with E-state index >= 15 is 0 Å². The molecule has 10 heteroatoms. The summed E-state index contributed by atoms with van der Waals surface area (Å²) in [6.45, 7) is 2.81. The molecule has 0 saturated carbocycles. The van der Waals surface area contributed by atoms with Crippen LogP contribution in [0.4, 0.5) is 16.2 Å². The molecule has 3 aliphatic rings. The third-order valence-corrected chi connectivity index (χ3v) is 7.31. The van der Waals surface area contributed by atoms with Crippen molar-refractivity contribution >= 4 is 40.1 Å². The van der Waals surface area contributed by atoms with Gasteiger partial charge in [0.15, 0.2) is 0 Å². The van der Waals surface area contributed by atoms with Gasteiger partial charge in [-0.1, -0.05) is 11.8 Å². The van der Waals surface area contributed by atoms with E-state index in [1.807, 2.05) is 48.0 Å². The fourth-order valence-electron chi connectivity index (χ4n) is 4.70. The van der Waals surface area contributed by atoms with E-state index in [-0.39, 0.29) is 18.3 Å². The predicted molar refractivity (Wildman–Crippen MR) is 134 cm³/mol. The number of hydrogen-bond acceptors (Lipinski definition) is 9. The SMILES string of the molecule is COc1ccc2ncnc(O[C@@H]3CCN(C[C@@H]4CN(c5ccc6c(c5)NC=CS6)C(=O)O4)C3)c2c1. The van der Waals surface area contributed by atoms with Gasteiger partial charge in [0.2, 0.25) is 5.88 Å². The van der Waals surface area contributed by atoms with E-state index in [1.54, 1.807) is 23.8 Å². The van der Waals surface area contributed by atoms with Crippen molar-refractivity contribution in [2.45, 2.75) is 23.5 Å². The molecule has 1 aromatic heterocycles. The van der Waals surface area contributed by atoms with E-state index in [2.05, 4.69) is 20.2 Å².